The summed E-state index contributed by atoms with van der Waals surface area (Å²) in [6.45, 7) is 8.13. The second kappa shape index (κ2) is 7.53. The van der Waals surface area contributed by atoms with Gasteiger partial charge in [0, 0.05) is 12.1 Å². The zero-order valence-corrected chi connectivity index (χ0v) is 15.0. The third-order valence-electron chi connectivity index (χ3n) is 3.84. The number of ketones is 1. The van der Waals surface area contributed by atoms with Gasteiger partial charge in [-0.25, -0.2) is 0 Å². The first kappa shape index (κ1) is 17.2. The third kappa shape index (κ3) is 3.58. The molecule has 0 N–H and O–H groups in total. The Morgan fingerprint density at radius 3 is 2.72 bits per heavy atom. The number of allylic oxidation sites excluding steroid dienone is 1. The minimum atomic E-state index is -0.270. The van der Waals surface area contributed by atoms with E-state index in [0.717, 1.165) is 11.3 Å². The van der Waals surface area contributed by atoms with Crippen molar-refractivity contribution in [3.8, 4) is 11.4 Å². The molecule has 0 fully saturated rings. The highest BCUT2D eigenvalue weighted by molar-refractivity contribution is 8.00. The number of hydrogen-bond acceptors (Lipinski definition) is 5. The van der Waals surface area contributed by atoms with Crippen LogP contribution in [0.25, 0.3) is 11.4 Å². The number of furan rings is 1. The predicted octanol–water partition coefficient (Wildman–Crippen LogP) is 4.40. The molecule has 3 aromatic rings. The van der Waals surface area contributed by atoms with Gasteiger partial charge in [-0.05, 0) is 19.9 Å². The van der Waals surface area contributed by atoms with Crippen LogP contribution in [0.2, 0.25) is 0 Å². The van der Waals surface area contributed by atoms with Crippen molar-refractivity contribution in [1.29, 1.82) is 0 Å². The van der Waals surface area contributed by atoms with Crippen molar-refractivity contribution in [2.24, 2.45) is 0 Å². The van der Waals surface area contributed by atoms with E-state index in [1.807, 2.05) is 54.8 Å². The smallest absolute Gasteiger partial charge is 0.192 e. The summed E-state index contributed by atoms with van der Waals surface area (Å²) in [5.41, 5.74) is 1.59. The molecular weight excluding hydrogens is 334 g/mol. The van der Waals surface area contributed by atoms with E-state index in [4.69, 9.17) is 4.42 Å². The molecule has 0 saturated heterocycles. The van der Waals surface area contributed by atoms with Crippen LogP contribution in [-0.4, -0.2) is 25.8 Å². The van der Waals surface area contributed by atoms with E-state index in [1.54, 1.807) is 12.3 Å². The van der Waals surface area contributed by atoms with Crippen molar-refractivity contribution in [1.82, 2.24) is 14.8 Å². The number of aryl methyl sites for hydroxylation is 1. The van der Waals surface area contributed by atoms with Gasteiger partial charge in [0.25, 0.3) is 0 Å². The van der Waals surface area contributed by atoms with E-state index in [2.05, 4.69) is 16.8 Å². The Balaban J connectivity index is 1.87. The monoisotopic (exact) mass is 353 g/mol. The number of hydrogen-bond donors (Lipinski definition) is 0. The fraction of sp³-hybridized carbons (Fsp3) is 0.211. The normalized spacial score (nSPS) is 12.1. The number of carbonyl (C=O) groups excluding carboxylic acids is 1. The number of benzene rings is 1. The fourth-order valence-corrected chi connectivity index (χ4v) is 3.47. The van der Waals surface area contributed by atoms with Gasteiger partial charge in [0.2, 0.25) is 0 Å². The zero-order valence-electron chi connectivity index (χ0n) is 14.2. The van der Waals surface area contributed by atoms with Gasteiger partial charge in [0.1, 0.15) is 5.76 Å². The van der Waals surface area contributed by atoms with Gasteiger partial charge in [-0.1, -0.05) is 48.2 Å². The van der Waals surface area contributed by atoms with Crippen molar-refractivity contribution in [3.63, 3.8) is 0 Å². The molecule has 0 aliphatic rings. The van der Waals surface area contributed by atoms with E-state index in [1.165, 1.54) is 11.8 Å². The number of rotatable bonds is 7. The number of thioether (sulfide) groups is 1. The second-order valence-electron chi connectivity index (χ2n) is 5.59. The van der Waals surface area contributed by atoms with Gasteiger partial charge in [-0.3, -0.25) is 9.36 Å². The molecule has 0 amide bonds. The lowest BCUT2D eigenvalue weighted by Crippen LogP contribution is -2.14. The highest BCUT2D eigenvalue weighted by Crippen LogP contribution is 2.30. The van der Waals surface area contributed by atoms with E-state index < -0.39 is 0 Å². The predicted molar refractivity (Wildman–Crippen MR) is 98.7 cm³/mol. The third-order valence-corrected chi connectivity index (χ3v) is 4.92. The highest BCUT2D eigenvalue weighted by Gasteiger charge is 2.22. The Morgan fingerprint density at radius 1 is 1.32 bits per heavy atom. The molecule has 2 heterocycles. The van der Waals surface area contributed by atoms with E-state index in [-0.39, 0.29) is 11.0 Å². The summed E-state index contributed by atoms with van der Waals surface area (Å²) in [6.07, 6.45) is 3.42. The van der Waals surface area contributed by atoms with Gasteiger partial charge in [-0.2, -0.15) is 0 Å². The summed E-state index contributed by atoms with van der Waals surface area (Å²) in [6, 6.07) is 11.2. The summed E-state index contributed by atoms with van der Waals surface area (Å²) < 4.78 is 7.32. The van der Waals surface area contributed by atoms with E-state index in [0.29, 0.717) is 23.1 Å². The maximum Gasteiger partial charge on any atom is 0.192 e. The molecule has 25 heavy (non-hydrogen) atoms. The summed E-state index contributed by atoms with van der Waals surface area (Å²) in [7, 11) is 0. The molecule has 0 saturated carbocycles. The van der Waals surface area contributed by atoms with Crippen molar-refractivity contribution in [2.75, 3.05) is 0 Å². The SMILES string of the molecule is C=CCn1c(SC(C)C(=O)c2ccccc2)nnc1-c1ccoc1C. The first-order valence-corrected chi connectivity index (χ1v) is 8.84. The van der Waals surface area contributed by atoms with Crippen LogP contribution in [0, 0.1) is 6.92 Å². The average molecular weight is 353 g/mol. The van der Waals surface area contributed by atoms with Crippen molar-refractivity contribution in [3.05, 3.63) is 66.6 Å². The van der Waals surface area contributed by atoms with Gasteiger partial charge in [0.15, 0.2) is 16.8 Å². The molecule has 1 aromatic carbocycles. The zero-order chi connectivity index (χ0) is 17.8. The highest BCUT2D eigenvalue weighted by atomic mass is 32.2. The summed E-state index contributed by atoms with van der Waals surface area (Å²) in [5.74, 6) is 1.57. The Hall–Kier alpha value is -2.60. The van der Waals surface area contributed by atoms with Crippen LogP contribution in [0.4, 0.5) is 0 Å². The van der Waals surface area contributed by atoms with E-state index >= 15 is 0 Å². The standard InChI is InChI=1S/C19H19N3O2S/c1-4-11-22-18(16-10-12-24-13(16)2)20-21-19(22)25-14(3)17(23)15-8-6-5-7-9-15/h4-10,12,14H,1,11H2,2-3H3. The maximum atomic E-state index is 12.6. The molecular formula is C19H19N3O2S. The van der Waals surface area contributed by atoms with Crippen LogP contribution in [0.5, 0.6) is 0 Å². The molecule has 128 valence electrons. The number of carbonyl (C=O) groups is 1. The molecule has 1 unspecified atom stereocenters. The molecule has 6 heteroatoms. The van der Waals surface area contributed by atoms with Crippen LogP contribution < -0.4 is 0 Å². The van der Waals surface area contributed by atoms with Crippen LogP contribution in [-0.2, 0) is 6.54 Å². The Labute approximate surface area is 150 Å². The van der Waals surface area contributed by atoms with Gasteiger partial charge in [0.05, 0.1) is 17.1 Å². The lowest BCUT2D eigenvalue weighted by Gasteiger charge is -2.11. The number of Topliss-reactive ketones (excluding diaryl/α,β-unsaturated/α-hetero) is 1. The maximum absolute atomic E-state index is 12.6. The molecule has 0 aliphatic heterocycles. The first-order valence-electron chi connectivity index (χ1n) is 7.96. The van der Waals surface area contributed by atoms with Gasteiger partial charge >= 0.3 is 0 Å². The molecule has 0 radical (unpaired) electrons. The van der Waals surface area contributed by atoms with Crippen molar-refractivity contribution >= 4 is 17.5 Å². The number of aromatic nitrogens is 3. The van der Waals surface area contributed by atoms with Gasteiger partial charge in [-0.15, -0.1) is 16.8 Å². The number of nitrogens with zero attached hydrogens (tertiary/aromatic N) is 3. The van der Waals surface area contributed by atoms with Crippen LogP contribution >= 0.6 is 11.8 Å². The first-order chi connectivity index (χ1) is 12.1. The van der Waals surface area contributed by atoms with E-state index in [9.17, 15) is 4.79 Å². The molecule has 1 atom stereocenters. The van der Waals surface area contributed by atoms with Crippen molar-refractivity contribution in [2.45, 2.75) is 30.8 Å². The lowest BCUT2D eigenvalue weighted by atomic mass is 10.1. The Bertz CT molecular complexity index is 883. The minimum Gasteiger partial charge on any atom is -0.469 e. The minimum absolute atomic E-state index is 0.0693. The quantitative estimate of drug-likeness (QED) is 0.358. The molecule has 0 bridgehead atoms. The average Bonchev–Trinajstić information content (AvgIpc) is 3.21. The Morgan fingerprint density at radius 2 is 2.08 bits per heavy atom. The van der Waals surface area contributed by atoms with Crippen LogP contribution in [0.3, 0.4) is 0 Å². The molecule has 0 aliphatic carbocycles. The second-order valence-corrected chi connectivity index (χ2v) is 6.89. The van der Waals surface area contributed by atoms with Crippen molar-refractivity contribution < 1.29 is 9.21 Å². The van der Waals surface area contributed by atoms with Crippen LogP contribution in [0.15, 0.2) is 64.9 Å². The summed E-state index contributed by atoms with van der Waals surface area (Å²) in [4.78, 5) is 12.6. The Kier molecular flexibility index (Phi) is 5.19. The summed E-state index contributed by atoms with van der Waals surface area (Å²) in [5, 5.41) is 9.00. The van der Waals surface area contributed by atoms with Crippen LogP contribution in [0.1, 0.15) is 23.0 Å². The molecule has 3 rings (SSSR count). The molecule has 5 nitrogen and oxygen atoms in total. The van der Waals surface area contributed by atoms with Gasteiger partial charge < -0.3 is 4.42 Å². The molecule has 0 spiro atoms. The largest absolute Gasteiger partial charge is 0.469 e. The summed E-state index contributed by atoms with van der Waals surface area (Å²) >= 11 is 1.40. The molecule has 2 aromatic heterocycles. The topological polar surface area (TPSA) is 60.9 Å². The fourth-order valence-electron chi connectivity index (χ4n) is 2.53. The lowest BCUT2D eigenvalue weighted by molar-refractivity contribution is 0.0994.